The largest absolute Gasteiger partial charge is 0.389 e. The second-order valence-corrected chi connectivity index (χ2v) is 6.75. The van der Waals surface area contributed by atoms with Gasteiger partial charge in [-0.25, -0.2) is 0 Å². The maximum absolute atomic E-state index is 9.71. The smallest absolute Gasteiger partial charge is 0.0990 e. The zero-order chi connectivity index (χ0) is 14.7. The van der Waals surface area contributed by atoms with Crippen molar-refractivity contribution in [2.24, 2.45) is 5.92 Å². The number of aliphatic hydroxyl groups is 2. The Kier molecular flexibility index (Phi) is 5.43. The van der Waals surface area contributed by atoms with E-state index < -0.39 is 12.2 Å². The van der Waals surface area contributed by atoms with E-state index in [1.165, 1.54) is 5.56 Å². The van der Waals surface area contributed by atoms with Crippen LogP contribution in [0.3, 0.4) is 0 Å². The lowest BCUT2D eigenvalue weighted by Crippen LogP contribution is -2.25. The van der Waals surface area contributed by atoms with Gasteiger partial charge in [-0.1, -0.05) is 29.8 Å². The van der Waals surface area contributed by atoms with Crippen molar-refractivity contribution in [2.75, 3.05) is 24.5 Å². The maximum atomic E-state index is 9.71. The van der Waals surface area contributed by atoms with Gasteiger partial charge >= 0.3 is 0 Å². The van der Waals surface area contributed by atoms with E-state index in [-0.39, 0.29) is 0 Å². The molecule has 0 radical (unpaired) electrons. The summed E-state index contributed by atoms with van der Waals surface area (Å²) in [5.74, 6) is 0.612. The Morgan fingerprint density at radius 1 is 1.30 bits per heavy atom. The van der Waals surface area contributed by atoms with Crippen molar-refractivity contribution in [3.05, 3.63) is 28.2 Å². The summed E-state index contributed by atoms with van der Waals surface area (Å²) in [7, 11) is 0. The van der Waals surface area contributed by atoms with E-state index in [4.69, 9.17) is 0 Å². The summed E-state index contributed by atoms with van der Waals surface area (Å²) in [6.45, 7) is 7.09. The summed E-state index contributed by atoms with van der Waals surface area (Å²) in [5.41, 5.74) is 2.27. The molecular weight excluding hydrogens is 320 g/mol. The standard InChI is InChI=1S/C15H23BrN2O2/c1-10(2)6-17-7-11-5-12(16)3-4-13(11)18-8-14(19)15(20)9-18/h3-5,10,14-15,17,19-20H,6-9H2,1-2H3. The number of halogens is 1. The van der Waals surface area contributed by atoms with Gasteiger partial charge in [0, 0.05) is 29.8 Å². The second-order valence-electron chi connectivity index (χ2n) is 5.84. The van der Waals surface area contributed by atoms with Crippen LogP contribution in [0.2, 0.25) is 0 Å². The molecule has 1 saturated heterocycles. The minimum atomic E-state index is -0.657. The first-order valence-corrected chi connectivity index (χ1v) is 7.87. The monoisotopic (exact) mass is 342 g/mol. The quantitative estimate of drug-likeness (QED) is 0.762. The highest BCUT2D eigenvalue weighted by molar-refractivity contribution is 9.10. The lowest BCUT2D eigenvalue weighted by Gasteiger charge is -2.22. The highest BCUT2D eigenvalue weighted by Gasteiger charge is 2.30. The Labute approximate surface area is 128 Å². The van der Waals surface area contributed by atoms with Crippen molar-refractivity contribution >= 4 is 21.6 Å². The van der Waals surface area contributed by atoms with Crippen molar-refractivity contribution in [3.8, 4) is 0 Å². The average molecular weight is 343 g/mol. The van der Waals surface area contributed by atoms with Crippen LogP contribution >= 0.6 is 15.9 Å². The molecule has 0 amide bonds. The Hall–Kier alpha value is -0.620. The minimum absolute atomic E-state index is 0.486. The van der Waals surface area contributed by atoms with Gasteiger partial charge < -0.3 is 20.4 Å². The normalized spacial score (nSPS) is 22.8. The molecular formula is C15H23BrN2O2. The summed E-state index contributed by atoms with van der Waals surface area (Å²) in [6, 6.07) is 6.14. The summed E-state index contributed by atoms with van der Waals surface area (Å²) in [5, 5.41) is 22.9. The molecule has 0 spiro atoms. The van der Waals surface area contributed by atoms with E-state index in [9.17, 15) is 10.2 Å². The first-order chi connectivity index (χ1) is 9.47. The summed E-state index contributed by atoms with van der Waals surface area (Å²) in [6.07, 6.45) is -1.31. The van der Waals surface area contributed by atoms with Gasteiger partial charge in [0.15, 0.2) is 0 Å². The summed E-state index contributed by atoms with van der Waals surface area (Å²) < 4.78 is 1.04. The van der Waals surface area contributed by atoms with Crippen molar-refractivity contribution in [1.82, 2.24) is 5.32 Å². The van der Waals surface area contributed by atoms with Crippen LogP contribution in [0, 0.1) is 5.92 Å². The van der Waals surface area contributed by atoms with Crippen molar-refractivity contribution in [2.45, 2.75) is 32.6 Å². The zero-order valence-corrected chi connectivity index (χ0v) is 13.6. The van der Waals surface area contributed by atoms with Crippen LogP contribution in [0.15, 0.2) is 22.7 Å². The number of aliphatic hydroxyl groups excluding tert-OH is 2. The predicted molar refractivity (Wildman–Crippen MR) is 84.9 cm³/mol. The van der Waals surface area contributed by atoms with Crippen LogP contribution in [0.4, 0.5) is 5.69 Å². The number of rotatable bonds is 5. The molecule has 0 aromatic heterocycles. The molecule has 112 valence electrons. The van der Waals surface area contributed by atoms with E-state index in [0.29, 0.717) is 19.0 Å². The van der Waals surface area contributed by atoms with Crippen LogP contribution in [-0.4, -0.2) is 42.1 Å². The number of anilines is 1. The van der Waals surface area contributed by atoms with E-state index in [0.717, 1.165) is 23.2 Å². The van der Waals surface area contributed by atoms with Gasteiger partial charge in [-0.3, -0.25) is 0 Å². The minimum Gasteiger partial charge on any atom is -0.389 e. The summed E-state index contributed by atoms with van der Waals surface area (Å²) >= 11 is 3.50. The molecule has 1 aliphatic heterocycles. The first-order valence-electron chi connectivity index (χ1n) is 7.07. The van der Waals surface area contributed by atoms with Crippen LogP contribution in [0.25, 0.3) is 0 Å². The zero-order valence-electron chi connectivity index (χ0n) is 12.0. The van der Waals surface area contributed by atoms with Crippen LogP contribution in [0.5, 0.6) is 0 Å². The molecule has 4 nitrogen and oxygen atoms in total. The van der Waals surface area contributed by atoms with Crippen molar-refractivity contribution in [1.29, 1.82) is 0 Å². The Bertz CT molecular complexity index is 443. The summed E-state index contributed by atoms with van der Waals surface area (Å²) in [4.78, 5) is 2.05. The molecule has 2 rings (SSSR count). The third-order valence-electron chi connectivity index (χ3n) is 3.51. The first kappa shape index (κ1) is 15.8. The molecule has 5 heteroatoms. The average Bonchev–Trinajstić information content (AvgIpc) is 2.69. The second kappa shape index (κ2) is 6.89. The van der Waals surface area contributed by atoms with Gasteiger partial charge in [-0.15, -0.1) is 0 Å². The van der Waals surface area contributed by atoms with Crippen molar-refractivity contribution < 1.29 is 10.2 Å². The molecule has 20 heavy (non-hydrogen) atoms. The Balaban J connectivity index is 2.11. The van der Waals surface area contributed by atoms with Crippen LogP contribution in [0.1, 0.15) is 19.4 Å². The molecule has 1 aliphatic rings. The number of nitrogens with one attached hydrogen (secondary N) is 1. The van der Waals surface area contributed by atoms with E-state index in [2.05, 4.69) is 41.2 Å². The molecule has 1 heterocycles. The van der Waals surface area contributed by atoms with E-state index >= 15 is 0 Å². The highest BCUT2D eigenvalue weighted by atomic mass is 79.9. The number of β-amino-alcohol motifs (C(OH)–C–C–N with tert-alkyl or cyclic N) is 2. The number of nitrogens with zero attached hydrogens (tertiary/aromatic N) is 1. The van der Waals surface area contributed by atoms with E-state index in [1.54, 1.807) is 0 Å². The molecule has 0 bridgehead atoms. The van der Waals surface area contributed by atoms with Crippen LogP contribution in [-0.2, 0) is 6.54 Å². The van der Waals surface area contributed by atoms with Gasteiger partial charge in [0.1, 0.15) is 0 Å². The third-order valence-corrected chi connectivity index (χ3v) is 4.00. The number of hydrogen-bond donors (Lipinski definition) is 3. The van der Waals surface area contributed by atoms with Gasteiger partial charge in [-0.05, 0) is 36.2 Å². The molecule has 3 N–H and O–H groups in total. The topological polar surface area (TPSA) is 55.7 Å². The predicted octanol–water partition coefficient (Wildman–Crippen LogP) is 1.74. The highest BCUT2D eigenvalue weighted by Crippen LogP contribution is 2.27. The Morgan fingerprint density at radius 3 is 2.55 bits per heavy atom. The molecule has 2 unspecified atom stereocenters. The fourth-order valence-electron chi connectivity index (χ4n) is 2.47. The van der Waals surface area contributed by atoms with Crippen LogP contribution < -0.4 is 10.2 Å². The molecule has 2 atom stereocenters. The molecule has 1 fully saturated rings. The van der Waals surface area contributed by atoms with Crippen molar-refractivity contribution in [3.63, 3.8) is 0 Å². The fourth-order valence-corrected chi connectivity index (χ4v) is 2.87. The van der Waals surface area contributed by atoms with Gasteiger partial charge in [0.2, 0.25) is 0 Å². The SMILES string of the molecule is CC(C)CNCc1cc(Br)ccc1N1CC(O)C(O)C1. The van der Waals surface area contributed by atoms with E-state index in [1.807, 2.05) is 17.0 Å². The molecule has 1 aromatic carbocycles. The third kappa shape index (κ3) is 3.95. The van der Waals surface area contributed by atoms with Gasteiger partial charge in [-0.2, -0.15) is 0 Å². The number of hydrogen-bond acceptors (Lipinski definition) is 4. The van der Waals surface area contributed by atoms with Gasteiger partial charge in [0.05, 0.1) is 12.2 Å². The maximum Gasteiger partial charge on any atom is 0.0990 e. The molecule has 0 saturated carbocycles. The molecule has 0 aliphatic carbocycles. The van der Waals surface area contributed by atoms with Gasteiger partial charge in [0.25, 0.3) is 0 Å². The lowest BCUT2D eigenvalue weighted by molar-refractivity contribution is 0.0572. The number of benzene rings is 1. The fraction of sp³-hybridized carbons (Fsp3) is 0.600. The molecule has 1 aromatic rings. The Morgan fingerprint density at radius 2 is 1.95 bits per heavy atom. The lowest BCUT2D eigenvalue weighted by atomic mass is 10.1.